The van der Waals surface area contributed by atoms with Crippen LogP contribution in [-0.2, 0) is 4.74 Å². The molecule has 4 nitrogen and oxygen atoms in total. The number of furan rings is 1. The van der Waals surface area contributed by atoms with E-state index in [2.05, 4.69) is 20.7 Å². The van der Waals surface area contributed by atoms with E-state index in [0.29, 0.717) is 15.1 Å². The number of methoxy groups -OCH3 is 1. The Morgan fingerprint density at radius 1 is 1.42 bits per heavy atom. The maximum atomic E-state index is 11.3. The van der Waals surface area contributed by atoms with Crippen molar-refractivity contribution < 1.29 is 19.1 Å². The van der Waals surface area contributed by atoms with Crippen molar-refractivity contribution >= 4 is 33.5 Å². The first-order valence-electron chi connectivity index (χ1n) is 5.34. The van der Waals surface area contributed by atoms with Crippen molar-refractivity contribution in [3.05, 3.63) is 56.9 Å². The van der Waals surface area contributed by atoms with Gasteiger partial charge in [0, 0.05) is 15.1 Å². The van der Waals surface area contributed by atoms with Crippen LogP contribution in [0.3, 0.4) is 0 Å². The van der Waals surface area contributed by atoms with Crippen molar-refractivity contribution in [1.82, 2.24) is 0 Å². The van der Waals surface area contributed by atoms with E-state index in [1.54, 1.807) is 18.2 Å². The molecular weight excluding hydrogens is 335 g/mol. The van der Waals surface area contributed by atoms with Crippen LogP contribution >= 0.6 is 27.5 Å². The van der Waals surface area contributed by atoms with Crippen LogP contribution in [0.5, 0.6) is 0 Å². The van der Waals surface area contributed by atoms with E-state index in [-0.39, 0.29) is 11.5 Å². The quantitative estimate of drug-likeness (QED) is 0.864. The molecule has 6 heteroatoms. The number of carbonyl (C=O) groups is 1. The molecule has 0 amide bonds. The van der Waals surface area contributed by atoms with Crippen molar-refractivity contribution in [1.29, 1.82) is 0 Å². The maximum Gasteiger partial charge on any atom is 0.373 e. The molecule has 0 bridgehead atoms. The lowest BCUT2D eigenvalue weighted by atomic mass is 10.1. The van der Waals surface area contributed by atoms with E-state index < -0.39 is 12.1 Å². The lowest BCUT2D eigenvalue weighted by molar-refractivity contribution is 0.0558. The summed E-state index contributed by atoms with van der Waals surface area (Å²) in [4.78, 5) is 11.3. The van der Waals surface area contributed by atoms with Gasteiger partial charge in [-0.15, -0.1) is 0 Å². The predicted molar refractivity (Wildman–Crippen MR) is 73.3 cm³/mol. The third kappa shape index (κ3) is 3.00. The number of carbonyl (C=O) groups excluding carboxylic acids is 1. The molecule has 0 aliphatic heterocycles. The van der Waals surface area contributed by atoms with Crippen molar-refractivity contribution in [3.63, 3.8) is 0 Å². The molecule has 2 rings (SSSR count). The zero-order valence-electron chi connectivity index (χ0n) is 9.89. The first-order chi connectivity index (χ1) is 9.02. The number of esters is 1. The first kappa shape index (κ1) is 14.1. The normalized spacial score (nSPS) is 12.2. The summed E-state index contributed by atoms with van der Waals surface area (Å²) in [5.74, 6) is -0.293. The Balaban J connectivity index is 2.31. The Kier molecular flexibility index (Phi) is 4.29. The molecule has 1 aromatic heterocycles. The molecule has 0 radical (unpaired) electrons. The molecule has 1 N–H and O–H groups in total. The van der Waals surface area contributed by atoms with E-state index >= 15 is 0 Å². The number of aliphatic hydroxyl groups is 1. The Morgan fingerprint density at radius 2 is 2.16 bits per heavy atom. The fourth-order valence-electron chi connectivity index (χ4n) is 1.59. The smallest absolute Gasteiger partial charge is 0.373 e. The SMILES string of the molecule is COC(=O)c1ccc(C(O)c2ccc(Cl)cc2Br)o1. The first-order valence-corrected chi connectivity index (χ1v) is 6.51. The van der Waals surface area contributed by atoms with Gasteiger partial charge < -0.3 is 14.3 Å². The summed E-state index contributed by atoms with van der Waals surface area (Å²) < 4.78 is 10.4. The zero-order chi connectivity index (χ0) is 14.0. The van der Waals surface area contributed by atoms with Gasteiger partial charge >= 0.3 is 5.97 Å². The van der Waals surface area contributed by atoms with Crippen molar-refractivity contribution in [2.75, 3.05) is 7.11 Å². The number of aliphatic hydroxyl groups excluding tert-OH is 1. The van der Waals surface area contributed by atoms with E-state index in [0.717, 1.165) is 0 Å². The van der Waals surface area contributed by atoms with Gasteiger partial charge in [-0.3, -0.25) is 0 Å². The summed E-state index contributed by atoms with van der Waals surface area (Å²) in [6.07, 6.45) is -0.995. The average Bonchev–Trinajstić information content (AvgIpc) is 2.86. The van der Waals surface area contributed by atoms with Crippen molar-refractivity contribution in [2.24, 2.45) is 0 Å². The molecular formula is C13H10BrClO4. The largest absolute Gasteiger partial charge is 0.463 e. The summed E-state index contributed by atoms with van der Waals surface area (Å²) in [5, 5.41) is 10.8. The Labute approximate surface area is 123 Å². The fraction of sp³-hybridized carbons (Fsp3) is 0.154. The van der Waals surface area contributed by atoms with Crippen LogP contribution in [0, 0.1) is 0 Å². The van der Waals surface area contributed by atoms with Gasteiger partial charge in [0.25, 0.3) is 0 Å². The molecule has 0 saturated heterocycles. The van der Waals surface area contributed by atoms with Crippen LogP contribution in [0.1, 0.15) is 28.0 Å². The van der Waals surface area contributed by atoms with Gasteiger partial charge in [0.05, 0.1) is 7.11 Å². The standard InChI is InChI=1S/C13H10BrClO4/c1-18-13(17)11-5-4-10(19-11)12(16)8-3-2-7(15)6-9(8)14/h2-6,12,16H,1H3. The molecule has 1 aromatic carbocycles. The third-order valence-corrected chi connectivity index (χ3v) is 3.46. The highest BCUT2D eigenvalue weighted by molar-refractivity contribution is 9.10. The van der Waals surface area contributed by atoms with Gasteiger partial charge in [0.1, 0.15) is 11.9 Å². The van der Waals surface area contributed by atoms with Gasteiger partial charge in [-0.1, -0.05) is 33.6 Å². The molecule has 100 valence electrons. The minimum absolute atomic E-state index is 0.0432. The Hall–Kier alpha value is -1.30. The Morgan fingerprint density at radius 3 is 2.79 bits per heavy atom. The molecule has 2 aromatic rings. The van der Waals surface area contributed by atoms with Crippen LogP contribution in [-0.4, -0.2) is 18.2 Å². The van der Waals surface area contributed by atoms with E-state index in [1.807, 2.05) is 0 Å². The fourth-order valence-corrected chi connectivity index (χ4v) is 2.49. The number of halogens is 2. The summed E-state index contributed by atoms with van der Waals surface area (Å²) >= 11 is 9.15. The number of ether oxygens (including phenoxy) is 1. The molecule has 0 aliphatic rings. The lowest BCUT2D eigenvalue weighted by Crippen LogP contribution is -2.01. The minimum atomic E-state index is -0.995. The number of hydrogen-bond donors (Lipinski definition) is 1. The summed E-state index contributed by atoms with van der Waals surface area (Å²) in [5.41, 5.74) is 0.593. The number of benzene rings is 1. The summed E-state index contributed by atoms with van der Waals surface area (Å²) in [7, 11) is 1.26. The Bertz CT molecular complexity index is 608. The highest BCUT2D eigenvalue weighted by Gasteiger charge is 2.20. The predicted octanol–water partition coefficient (Wildman–Crippen LogP) is 3.56. The third-order valence-electron chi connectivity index (χ3n) is 2.54. The van der Waals surface area contributed by atoms with E-state index in [4.69, 9.17) is 16.0 Å². The van der Waals surface area contributed by atoms with Crippen LogP contribution in [0.2, 0.25) is 5.02 Å². The minimum Gasteiger partial charge on any atom is -0.463 e. The van der Waals surface area contributed by atoms with Crippen LogP contribution in [0.15, 0.2) is 39.2 Å². The van der Waals surface area contributed by atoms with Gasteiger partial charge in [-0.05, 0) is 24.3 Å². The molecule has 19 heavy (non-hydrogen) atoms. The highest BCUT2D eigenvalue weighted by atomic mass is 79.9. The molecule has 0 saturated carbocycles. The lowest BCUT2D eigenvalue weighted by Gasteiger charge is -2.10. The van der Waals surface area contributed by atoms with Crippen LogP contribution in [0.4, 0.5) is 0 Å². The molecule has 1 atom stereocenters. The summed E-state index contributed by atoms with van der Waals surface area (Å²) in [6.45, 7) is 0. The van der Waals surface area contributed by atoms with Crippen LogP contribution in [0.25, 0.3) is 0 Å². The summed E-state index contributed by atoms with van der Waals surface area (Å²) in [6, 6.07) is 7.99. The van der Waals surface area contributed by atoms with Crippen molar-refractivity contribution in [2.45, 2.75) is 6.10 Å². The molecule has 1 unspecified atom stereocenters. The zero-order valence-corrected chi connectivity index (χ0v) is 12.2. The van der Waals surface area contributed by atoms with Gasteiger partial charge in [-0.25, -0.2) is 4.79 Å². The van der Waals surface area contributed by atoms with Crippen LogP contribution < -0.4 is 0 Å². The topological polar surface area (TPSA) is 59.7 Å². The van der Waals surface area contributed by atoms with Crippen molar-refractivity contribution in [3.8, 4) is 0 Å². The highest BCUT2D eigenvalue weighted by Crippen LogP contribution is 2.31. The molecule has 0 fully saturated rings. The number of hydrogen-bond acceptors (Lipinski definition) is 4. The van der Waals surface area contributed by atoms with Gasteiger partial charge in [0.2, 0.25) is 5.76 Å². The van der Waals surface area contributed by atoms with Gasteiger partial charge in [-0.2, -0.15) is 0 Å². The molecule has 0 spiro atoms. The molecule has 0 aliphatic carbocycles. The molecule has 1 heterocycles. The van der Waals surface area contributed by atoms with E-state index in [9.17, 15) is 9.90 Å². The van der Waals surface area contributed by atoms with E-state index in [1.165, 1.54) is 19.2 Å². The van der Waals surface area contributed by atoms with Gasteiger partial charge in [0.15, 0.2) is 0 Å². The second-order valence-electron chi connectivity index (χ2n) is 3.76. The monoisotopic (exact) mass is 344 g/mol. The maximum absolute atomic E-state index is 11.3. The average molecular weight is 346 g/mol. The number of rotatable bonds is 3. The second kappa shape index (κ2) is 5.77. The second-order valence-corrected chi connectivity index (χ2v) is 5.05.